The Morgan fingerprint density at radius 1 is 1.41 bits per heavy atom. The highest BCUT2D eigenvalue weighted by Gasteiger charge is 2.28. The lowest BCUT2D eigenvalue weighted by atomic mass is 10.2. The number of rotatable bonds is 7. The van der Waals surface area contributed by atoms with E-state index >= 15 is 0 Å². The lowest BCUT2D eigenvalue weighted by Gasteiger charge is -2.26. The van der Waals surface area contributed by atoms with Gasteiger partial charge in [0.1, 0.15) is 6.04 Å². The van der Waals surface area contributed by atoms with E-state index in [1.807, 2.05) is 13.8 Å². The van der Waals surface area contributed by atoms with Gasteiger partial charge in [-0.3, -0.25) is 5.84 Å². The fourth-order valence-electron chi connectivity index (χ4n) is 1.52. The summed E-state index contributed by atoms with van der Waals surface area (Å²) in [5.74, 6) is 5.56. The second kappa shape index (κ2) is 7.02. The van der Waals surface area contributed by atoms with Crippen molar-refractivity contribution in [3.63, 3.8) is 0 Å². The molecule has 0 aliphatic rings. The summed E-state index contributed by atoms with van der Waals surface area (Å²) in [7, 11) is 1.78. The quantitative estimate of drug-likeness (QED) is 0.433. The standard InChI is InChI=1S/C9H18BrN5O2/c1-4-16-9(17-5-2)6(12-11)7-8(10)13-14-15(7)3/h6,9,12H,4-5,11H2,1-3H3. The van der Waals surface area contributed by atoms with Gasteiger partial charge in [-0.05, 0) is 29.8 Å². The molecule has 0 aromatic carbocycles. The van der Waals surface area contributed by atoms with Gasteiger partial charge in [-0.25, -0.2) is 10.1 Å². The van der Waals surface area contributed by atoms with Crippen molar-refractivity contribution in [1.82, 2.24) is 20.4 Å². The Bertz CT molecular complexity index is 321. The monoisotopic (exact) mass is 307 g/mol. The van der Waals surface area contributed by atoms with Crippen molar-refractivity contribution in [2.75, 3.05) is 13.2 Å². The van der Waals surface area contributed by atoms with Crippen LogP contribution in [0.15, 0.2) is 4.60 Å². The number of aryl methyl sites for hydroxylation is 1. The number of nitrogens with two attached hydrogens (primary N) is 1. The van der Waals surface area contributed by atoms with Gasteiger partial charge in [0.05, 0.1) is 5.69 Å². The second-order valence-electron chi connectivity index (χ2n) is 3.31. The van der Waals surface area contributed by atoms with Crippen LogP contribution in [-0.4, -0.2) is 34.5 Å². The minimum Gasteiger partial charge on any atom is -0.351 e. The largest absolute Gasteiger partial charge is 0.351 e. The first-order chi connectivity index (χ1) is 8.15. The van der Waals surface area contributed by atoms with Crippen molar-refractivity contribution in [3.05, 3.63) is 10.3 Å². The zero-order valence-corrected chi connectivity index (χ0v) is 11.8. The Labute approximate surface area is 109 Å². The van der Waals surface area contributed by atoms with Crippen molar-refractivity contribution >= 4 is 15.9 Å². The summed E-state index contributed by atoms with van der Waals surface area (Å²) in [5.41, 5.74) is 3.45. The molecule has 0 amide bonds. The predicted molar refractivity (Wildman–Crippen MR) is 65.8 cm³/mol. The smallest absolute Gasteiger partial charge is 0.179 e. The lowest BCUT2D eigenvalue weighted by Crippen LogP contribution is -2.40. The number of aromatic nitrogens is 3. The molecule has 0 spiro atoms. The van der Waals surface area contributed by atoms with E-state index < -0.39 is 6.29 Å². The van der Waals surface area contributed by atoms with Gasteiger partial charge >= 0.3 is 0 Å². The van der Waals surface area contributed by atoms with Crippen LogP contribution >= 0.6 is 15.9 Å². The van der Waals surface area contributed by atoms with E-state index in [0.717, 1.165) is 5.69 Å². The van der Waals surface area contributed by atoms with Crippen LogP contribution in [0.3, 0.4) is 0 Å². The van der Waals surface area contributed by atoms with E-state index in [2.05, 4.69) is 31.7 Å². The summed E-state index contributed by atoms with van der Waals surface area (Å²) < 4.78 is 13.3. The summed E-state index contributed by atoms with van der Waals surface area (Å²) in [6, 6.07) is -0.343. The van der Waals surface area contributed by atoms with Crippen LogP contribution in [0.1, 0.15) is 25.6 Å². The molecule has 0 aliphatic carbocycles. The Hall–Kier alpha value is -0.540. The summed E-state index contributed by atoms with van der Waals surface area (Å²) in [6.07, 6.45) is -0.483. The van der Waals surface area contributed by atoms with E-state index in [4.69, 9.17) is 15.3 Å². The first-order valence-corrected chi connectivity index (χ1v) is 6.19. The normalized spacial score (nSPS) is 13.3. The average molecular weight is 308 g/mol. The van der Waals surface area contributed by atoms with Gasteiger partial charge in [0, 0.05) is 20.3 Å². The summed E-state index contributed by atoms with van der Waals surface area (Å²) in [6.45, 7) is 4.86. The SMILES string of the molecule is CCOC(OCC)C(NN)c1c(Br)nnn1C. The van der Waals surface area contributed by atoms with Crippen molar-refractivity contribution in [2.45, 2.75) is 26.2 Å². The molecule has 3 N–H and O–H groups in total. The Kier molecular flexibility index (Phi) is 6.00. The van der Waals surface area contributed by atoms with Crippen LogP contribution in [0.25, 0.3) is 0 Å². The molecule has 0 saturated carbocycles. The Morgan fingerprint density at radius 3 is 2.35 bits per heavy atom. The molecule has 8 heteroatoms. The zero-order chi connectivity index (χ0) is 12.8. The van der Waals surface area contributed by atoms with Crippen molar-refractivity contribution in [2.24, 2.45) is 12.9 Å². The molecule has 1 aromatic rings. The number of hydrogen-bond acceptors (Lipinski definition) is 6. The number of nitrogens with one attached hydrogen (secondary N) is 1. The third-order valence-corrected chi connectivity index (χ3v) is 2.80. The number of ether oxygens (including phenoxy) is 2. The maximum Gasteiger partial charge on any atom is 0.179 e. The van der Waals surface area contributed by atoms with Crippen LogP contribution < -0.4 is 11.3 Å². The van der Waals surface area contributed by atoms with Crippen molar-refractivity contribution < 1.29 is 9.47 Å². The number of hydrogen-bond donors (Lipinski definition) is 2. The minimum atomic E-state index is -0.483. The second-order valence-corrected chi connectivity index (χ2v) is 4.06. The molecular formula is C9H18BrN5O2. The Balaban J connectivity index is 2.95. The van der Waals surface area contributed by atoms with Gasteiger partial charge in [0.2, 0.25) is 0 Å². The molecule has 0 saturated heterocycles. The number of hydrazine groups is 1. The summed E-state index contributed by atoms with van der Waals surface area (Å²) in [4.78, 5) is 0. The molecule has 1 heterocycles. The first kappa shape index (κ1) is 14.5. The summed E-state index contributed by atoms with van der Waals surface area (Å²) >= 11 is 3.33. The minimum absolute atomic E-state index is 0.343. The molecule has 0 radical (unpaired) electrons. The fraction of sp³-hybridized carbons (Fsp3) is 0.778. The van der Waals surface area contributed by atoms with Crippen LogP contribution in [0.2, 0.25) is 0 Å². The van der Waals surface area contributed by atoms with Crippen LogP contribution in [0, 0.1) is 0 Å². The topological polar surface area (TPSA) is 87.2 Å². The van der Waals surface area contributed by atoms with Gasteiger partial charge in [-0.15, -0.1) is 5.10 Å². The van der Waals surface area contributed by atoms with E-state index in [1.165, 1.54) is 0 Å². The van der Waals surface area contributed by atoms with Crippen LogP contribution in [0.5, 0.6) is 0 Å². The van der Waals surface area contributed by atoms with Gasteiger partial charge in [-0.2, -0.15) is 0 Å². The molecular weight excluding hydrogens is 290 g/mol. The maximum absolute atomic E-state index is 5.56. The van der Waals surface area contributed by atoms with Crippen LogP contribution in [0.4, 0.5) is 0 Å². The lowest BCUT2D eigenvalue weighted by molar-refractivity contribution is -0.156. The average Bonchev–Trinajstić information content (AvgIpc) is 2.62. The van der Waals surface area contributed by atoms with E-state index in [1.54, 1.807) is 11.7 Å². The highest BCUT2D eigenvalue weighted by molar-refractivity contribution is 9.10. The maximum atomic E-state index is 5.56. The van der Waals surface area contributed by atoms with Crippen molar-refractivity contribution in [3.8, 4) is 0 Å². The molecule has 1 unspecified atom stereocenters. The number of nitrogens with zero attached hydrogens (tertiary/aromatic N) is 3. The highest BCUT2D eigenvalue weighted by atomic mass is 79.9. The van der Waals surface area contributed by atoms with Gasteiger partial charge in [0.15, 0.2) is 10.9 Å². The van der Waals surface area contributed by atoms with E-state index in [-0.39, 0.29) is 6.04 Å². The molecule has 17 heavy (non-hydrogen) atoms. The molecule has 98 valence electrons. The molecule has 0 fully saturated rings. The molecule has 1 aromatic heterocycles. The third kappa shape index (κ3) is 3.46. The van der Waals surface area contributed by atoms with E-state index in [0.29, 0.717) is 17.8 Å². The van der Waals surface area contributed by atoms with Crippen LogP contribution in [-0.2, 0) is 16.5 Å². The highest BCUT2D eigenvalue weighted by Crippen LogP contribution is 2.24. The van der Waals surface area contributed by atoms with Crippen molar-refractivity contribution in [1.29, 1.82) is 0 Å². The molecule has 1 rings (SSSR count). The fourth-order valence-corrected chi connectivity index (χ4v) is 2.10. The van der Waals surface area contributed by atoms with Gasteiger partial charge < -0.3 is 9.47 Å². The van der Waals surface area contributed by atoms with Gasteiger partial charge in [-0.1, -0.05) is 5.21 Å². The number of halogens is 1. The Morgan fingerprint density at radius 2 is 2.00 bits per heavy atom. The molecule has 0 aliphatic heterocycles. The van der Waals surface area contributed by atoms with Gasteiger partial charge in [0.25, 0.3) is 0 Å². The molecule has 1 atom stereocenters. The summed E-state index contributed by atoms with van der Waals surface area (Å²) in [5, 5.41) is 7.81. The molecule has 7 nitrogen and oxygen atoms in total. The molecule has 0 bridgehead atoms. The van der Waals surface area contributed by atoms with E-state index in [9.17, 15) is 0 Å². The first-order valence-electron chi connectivity index (χ1n) is 5.40. The zero-order valence-electron chi connectivity index (χ0n) is 10.2. The predicted octanol–water partition coefficient (Wildman–Crippen LogP) is 0.481. The third-order valence-electron chi connectivity index (χ3n) is 2.23.